The van der Waals surface area contributed by atoms with E-state index in [9.17, 15) is 14.4 Å². The summed E-state index contributed by atoms with van der Waals surface area (Å²) in [5.41, 5.74) is 1.21. The molecule has 0 fully saturated rings. The maximum Gasteiger partial charge on any atom is 0.305 e. The zero-order valence-corrected chi connectivity index (χ0v) is 12.3. The molecule has 20 heavy (non-hydrogen) atoms. The molecule has 0 aliphatic heterocycles. The largest absolute Gasteiger partial charge is 0.481 e. The van der Waals surface area contributed by atoms with Crippen molar-refractivity contribution in [1.29, 1.82) is 0 Å². The molecule has 0 unspecified atom stereocenters. The van der Waals surface area contributed by atoms with Crippen LogP contribution in [0.3, 0.4) is 0 Å². The zero-order chi connectivity index (χ0) is 15.4. The number of aliphatic carboxylic acids is 1. The van der Waals surface area contributed by atoms with Gasteiger partial charge >= 0.3 is 5.97 Å². The number of ketones is 2. The molecule has 1 aliphatic rings. The van der Waals surface area contributed by atoms with Gasteiger partial charge in [0.2, 0.25) is 5.78 Å². The molecule has 110 valence electrons. The molecular weight excluding hydrogens is 258 g/mol. The monoisotopic (exact) mass is 279 g/mol. The highest BCUT2D eigenvalue weighted by molar-refractivity contribution is 6.22. The number of nitrogens with one attached hydrogen (secondary N) is 1. The third kappa shape index (κ3) is 3.56. The Hall–Kier alpha value is -1.91. The number of carboxylic acid groups (broad SMARTS) is 1. The third-order valence-electron chi connectivity index (χ3n) is 3.15. The lowest BCUT2D eigenvalue weighted by molar-refractivity contribution is -0.136. The Balaban J connectivity index is 3.06. The van der Waals surface area contributed by atoms with Crippen LogP contribution in [0.15, 0.2) is 22.9 Å². The van der Waals surface area contributed by atoms with Crippen molar-refractivity contribution in [3.05, 3.63) is 22.9 Å². The summed E-state index contributed by atoms with van der Waals surface area (Å²) in [5.74, 6) is -1.42. The highest BCUT2D eigenvalue weighted by Gasteiger charge is 2.31. The summed E-state index contributed by atoms with van der Waals surface area (Å²) in [6, 6.07) is 0. The lowest BCUT2D eigenvalue weighted by Crippen LogP contribution is -2.32. The predicted octanol–water partition coefficient (Wildman–Crippen LogP) is 1.70. The van der Waals surface area contributed by atoms with Crippen molar-refractivity contribution in [1.82, 2.24) is 5.32 Å². The van der Waals surface area contributed by atoms with Crippen molar-refractivity contribution in [2.45, 2.75) is 34.1 Å². The minimum absolute atomic E-state index is 0.0132. The summed E-state index contributed by atoms with van der Waals surface area (Å²) in [7, 11) is 0. The van der Waals surface area contributed by atoms with Gasteiger partial charge in [-0.3, -0.25) is 14.4 Å². The highest BCUT2D eigenvalue weighted by Crippen LogP contribution is 2.27. The van der Waals surface area contributed by atoms with Gasteiger partial charge < -0.3 is 10.4 Å². The SMILES string of the molecule is CC(C)C1=CC(=O)C(NCCC(=O)O)=C(C(C)C)C1=O. The maximum absolute atomic E-state index is 12.4. The number of hydrogen-bond acceptors (Lipinski definition) is 4. The number of carbonyl (C=O) groups excluding carboxylic acids is 2. The summed E-state index contributed by atoms with van der Waals surface area (Å²) >= 11 is 0. The Morgan fingerprint density at radius 3 is 2.25 bits per heavy atom. The van der Waals surface area contributed by atoms with Crippen molar-refractivity contribution < 1.29 is 19.5 Å². The maximum atomic E-state index is 12.4. The molecule has 0 aromatic rings. The second-order valence-electron chi connectivity index (χ2n) is 5.46. The first-order valence-corrected chi connectivity index (χ1v) is 6.76. The van der Waals surface area contributed by atoms with E-state index < -0.39 is 5.97 Å². The molecule has 0 spiro atoms. The number of allylic oxidation sites excluding steroid dienone is 3. The van der Waals surface area contributed by atoms with E-state index in [-0.39, 0.29) is 42.1 Å². The first-order chi connectivity index (χ1) is 9.25. The van der Waals surface area contributed by atoms with Crippen LogP contribution in [0.5, 0.6) is 0 Å². The Bertz CT molecular complexity index is 498. The van der Waals surface area contributed by atoms with E-state index in [1.807, 2.05) is 27.7 Å². The van der Waals surface area contributed by atoms with E-state index in [1.165, 1.54) is 6.08 Å². The fourth-order valence-electron chi connectivity index (χ4n) is 2.14. The average molecular weight is 279 g/mol. The molecule has 0 radical (unpaired) electrons. The van der Waals surface area contributed by atoms with Crippen LogP contribution in [0, 0.1) is 11.8 Å². The molecule has 5 heteroatoms. The molecule has 0 amide bonds. The van der Waals surface area contributed by atoms with Crippen LogP contribution in [0.1, 0.15) is 34.1 Å². The Morgan fingerprint density at radius 1 is 1.20 bits per heavy atom. The fraction of sp³-hybridized carbons (Fsp3) is 0.533. The molecule has 0 aromatic carbocycles. The number of Topliss-reactive ketones (excluding diaryl/α,β-unsaturated/α-hetero) is 1. The van der Waals surface area contributed by atoms with Crippen LogP contribution < -0.4 is 5.32 Å². The summed E-state index contributed by atoms with van der Waals surface area (Å²) in [6.45, 7) is 7.58. The van der Waals surface area contributed by atoms with Crippen LogP contribution in [-0.4, -0.2) is 29.2 Å². The van der Waals surface area contributed by atoms with E-state index in [1.54, 1.807) is 0 Å². The summed E-state index contributed by atoms with van der Waals surface area (Å²) in [5, 5.41) is 11.4. The number of carboxylic acids is 1. The molecule has 0 aromatic heterocycles. The van der Waals surface area contributed by atoms with Crippen molar-refractivity contribution in [2.75, 3.05) is 6.54 Å². The van der Waals surface area contributed by atoms with Gasteiger partial charge in [0.1, 0.15) is 0 Å². The van der Waals surface area contributed by atoms with Gasteiger partial charge in [-0.15, -0.1) is 0 Å². The minimum Gasteiger partial charge on any atom is -0.481 e. The fourth-order valence-corrected chi connectivity index (χ4v) is 2.14. The van der Waals surface area contributed by atoms with Gasteiger partial charge in [0.05, 0.1) is 12.1 Å². The molecule has 1 aliphatic carbocycles. The smallest absolute Gasteiger partial charge is 0.305 e. The van der Waals surface area contributed by atoms with Gasteiger partial charge in [-0.2, -0.15) is 0 Å². The molecule has 1 rings (SSSR count). The van der Waals surface area contributed by atoms with Crippen molar-refractivity contribution in [3.8, 4) is 0 Å². The Kier molecular flexibility index (Phi) is 5.25. The second-order valence-corrected chi connectivity index (χ2v) is 5.46. The quantitative estimate of drug-likeness (QED) is 0.723. The van der Waals surface area contributed by atoms with Crippen LogP contribution in [0.4, 0.5) is 0 Å². The van der Waals surface area contributed by atoms with Crippen molar-refractivity contribution >= 4 is 17.5 Å². The van der Waals surface area contributed by atoms with Gasteiger partial charge in [0, 0.05) is 17.7 Å². The van der Waals surface area contributed by atoms with E-state index in [0.717, 1.165) is 0 Å². The first kappa shape index (κ1) is 16.1. The minimum atomic E-state index is -0.947. The van der Waals surface area contributed by atoms with Gasteiger partial charge in [0.15, 0.2) is 5.78 Å². The van der Waals surface area contributed by atoms with Crippen LogP contribution in [-0.2, 0) is 14.4 Å². The third-order valence-corrected chi connectivity index (χ3v) is 3.15. The molecule has 0 saturated carbocycles. The Morgan fingerprint density at radius 2 is 1.80 bits per heavy atom. The van der Waals surface area contributed by atoms with Crippen LogP contribution >= 0.6 is 0 Å². The summed E-state index contributed by atoms with van der Waals surface area (Å²) < 4.78 is 0. The first-order valence-electron chi connectivity index (χ1n) is 6.76. The lowest BCUT2D eigenvalue weighted by Gasteiger charge is -2.23. The van der Waals surface area contributed by atoms with Gasteiger partial charge in [-0.05, 0) is 17.9 Å². The van der Waals surface area contributed by atoms with Crippen molar-refractivity contribution in [3.63, 3.8) is 0 Å². The molecule has 5 nitrogen and oxygen atoms in total. The van der Waals surface area contributed by atoms with Crippen molar-refractivity contribution in [2.24, 2.45) is 11.8 Å². The van der Waals surface area contributed by atoms with E-state index in [0.29, 0.717) is 11.1 Å². The van der Waals surface area contributed by atoms with E-state index in [4.69, 9.17) is 5.11 Å². The summed E-state index contributed by atoms with van der Waals surface area (Å²) in [6.07, 6.45) is 1.26. The standard InChI is InChI=1S/C15H21NO4/c1-8(2)10-7-11(17)14(16-6-5-12(18)19)13(9(3)4)15(10)20/h7-9,16H,5-6H2,1-4H3,(H,18,19). The number of rotatable bonds is 6. The molecular formula is C15H21NO4. The molecule has 0 atom stereocenters. The number of hydrogen-bond donors (Lipinski definition) is 2. The highest BCUT2D eigenvalue weighted by atomic mass is 16.4. The molecule has 0 heterocycles. The molecule has 0 bridgehead atoms. The van der Waals surface area contributed by atoms with Gasteiger partial charge in [-0.1, -0.05) is 27.7 Å². The lowest BCUT2D eigenvalue weighted by atomic mass is 9.82. The van der Waals surface area contributed by atoms with Crippen LogP contribution in [0.2, 0.25) is 0 Å². The number of carbonyl (C=O) groups is 3. The predicted molar refractivity (Wildman–Crippen MR) is 75.1 cm³/mol. The normalized spacial score (nSPS) is 16.0. The topological polar surface area (TPSA) is 83.5 Å². The van der Waals surface area contributed by atoms with E-state index >= 15 is 0 Å². The van der Waals surface area contributed by atoms with Gasteiger partial charge in [0.25, 0.3) is 0 Å². The molecule has 2 N–H and O–H groups in total. The van der Waals surface area contributed by atoms with Gasteiger partial charge in [-0.25, -0.2) is 0 Å². The second kappa shape index (κ2) is 6.50. The van der Waals surface area contributed by atoms with E-state index in [2.05, 4.69) is 5.32 Å². The molecule has 0 saturated heterocycles. The summed E-state index contributed by atoms with van der Waals surface area (Å²) in [4.78, 5) is 35.1. The average Bonchev–Trinajstić information content (AvgIpc) is 2.31. The Labute approximate surface area is 118 Å². The van der Waals surface area contributed by atoms with Crippen LogP contribution in [0.25, 0.3) is 0 Å². The zero-order valence-electron chi connectivity index (χ0n) is 12.3.